The molecular weight excluding hydrogens is 374 g/mol. The molecule has 28 heavy (non-hydrogen) atoms. The normalized spacial score (nSPS) is 15.1. The van der Waals surface area contributed by atoms with Crippen LogP contribution in [0.15, 0.2) is 48.5 Å². The van der Waals surface area contributed by atoms with E-state index in [0.717, 1.165) is 29.9 Å². The van der Waals surface area contributed by atoms with Crippen molar-refractivity contribution in [2.75, 3.05) is 23.3 Å². The number of benzene rings is 2. The maximum atomic E-state index is 12.4. The molecule has 3 rings (SSSR count). The summed E-state index contributed by atoms with van der Waals surface area (Å²) in [6, 6.07) is 15.2. The van der Waals surface area contributed by atoms with E-state index in [1.54, 1.807) is 4.90 Å². The van der Waals surface area contributed by atoms with Gasteiger partial charge in [-0.2, -0.15) is 0 Å². The fraction of sp³-hybridized carbons (Fsp3) is 0.364. The molecule has 2 aromatic rings. The zero-order valence-electron chi connectivity index (χ0n) is 16.2. The smallest absolute Gasteiger partial charge is 0.238 e. The fourth-order valence-electron chi connectivity index (χ4n) is 3.46. The highest BCUT2D eigenvalue weighted by molar-refractivity contribution is 6.30. The summed E-state index contributed by atoms with van der Waals surface area (Å²) in [5.41, 5.74) is 2.70. The molecule has 1 atom stereocenters. The molecule has 148 valence electrons. The summed E-state index contributed by atoms with van der Waals surface area (Å²) in [6.07, 6.45) is 1.50. The number of anilines is 2. The van der Waals surface area contributed by atoms with E-state index in [-0.39, 0.29) is 24.4 Å². The van der Waals surface area contributed by atoms with Crippen LogP contribution < -0.4 is 15.5 Å². The second kappa shape index (κ2) is 9.22. The average Bonchev–Trinajstić information content (AvgIpc) is 3.09. The van der Waals surface area contributed by atoms with Gasteiger partial charge in [-0.3, -0.25) is 9.59 Å². The number of carbonyl (C=O) groups excluding carboxylic acids is 2. The maximum absolute atomic E-state index is 12.4. The predicted molar refractivity (Wildman–Crippen MR) is 114 cm³/mol. The first-order valence-corrected chi connectivity index (χ1v) is 10.0. The minimum Gasteiger partial charge on any atom is -0.325 e. The van der Waals surface area contributed by atoms with Gasteiger partial charge in [0.2, 0.25) is 11.8 Å². The van der Waals surface area contributed by atoms with Crippen LogP contribution in [-0.2, 0) is 9.59 Å². The van der Waals surface area contributed by atoms with Gasteiger partial charge in [-0.1, -0.05) is 37.6 Å². The molecule has 2 aromatic carbocycles. The first kappa shape index (κ1) is 20.4. The summed E-state index contributed by atoms with van der Waals surface area (Å²) >= 11 is 5.97. The highest BCUT2D eigenvalue weighted by Crippen LogP contribution is 2.24. The van der Waals surface area contributed by atoms with E-state index in [1.807, 2.05) is 48.5 Å². The summed E-state index contributed by atoms with van der Waals surface area (Å²) in [4.78, 5) is 26.0. The number of amides is 2. The van der Waals surface area contributed by atoms with E-state index in [0.29, 0.717) is 17.4 Å². The van der Waals surface area contributed by atoms with Gasteiger partial charge in [-0.25, -0.2) is 0 Å². The Kier molecular flexibility index (Phi) is 6.70. The van der Waals surface area contributed by atoms with Crippen LogP contribution in [0.2, 0.25) is 5.02 Å². The molecule has 6 heteroatoms. The number of nitrogens with zero attached hydrogens (tertiary/aromatic N) is 1. The third kappa shape index (κ3) is 5.12. The van der Waals surface area contributed by atoms with Gasteiger partial charge in [0.25, 0.3) is 0 Å². The molecule has 1 fully saturated rings. The van der Waals surface area contributed by atoms with Crippen LogP contribution in [-0.4, -0.2) is 24.9 Å². The summed E-state index contributed by atoms with van der Waals surface area (Å²) in [6.45, 7) is 5.19. The van der Waals surface area contributed by atoms with Crippen LogP contribution in [0.25, 0.3) is 0 Å². The molecule has 0 radical (unpaired) electrons. The van der Waals surface area contributed by atoms with Crippen LogP contribution in [0.4, 0.5) is 11.4 Å². The van der Waals surface area contributed by atoms with Gasteiger partial charge in [0.15, 0.2) is 0 Å². The minimum atomic E-state index is -0.107. The van der Waals surface area contributed by atoms with Crippen molar-refractivity contribution in [3.8, 4) is 0 Å². The first-order chi connectivity index (χ1) is 13.4. The van der Waals surface area contributed by atoms with E-state index in [1.165, 1.54) is 0 Å². The lowest BCUT2D eigenvalue weighted by atomic mass is 9.96. The highest BCUT2D eigenvalue weighted by atomic mass is 35.5. The lowest BCUT2D eigenvalue weighted by Crippen LogP contribution is -2.33. The van der Waals surface area contributed by atoms with Crippen LogP contribution in [0.1, 0.15) is 38.3 Å². The van der Waals surface area contributed by atoms with Crippen LogP contribution in [0.3, 0.4) is 0 Å². The second-order valence-electron chi connectivity index (χ2n) is 7.40. The first-order valence-electron chi connectivity index (χ1n) is 9.63. The SMILES string of the molecule is CC(C)[C@H](NCC(=O)Nc1ccc(N2CCCC2=O)cc1)c1ccc(Cl)cc1. The van der Waals surface area contributed by atoms with E-state index in [9.17, 15) is 9.59 Å². The van der Waals surface area contributed by atoms with E-state index in [2.05, 4.69) is 24.5 Å². The standard InChI is InChI=1S/C22H26ClN3O2/c1-15(2)22(16-5-7-17(23)8-6-16)24-14-20(27)25-18-9-11-19(12-10-18)26-13-3-4-21(26)28/h5-12,15,22,24H,3-4,13-14H2,1-2H3,(H,25,27)/t22-/m0/s1. The Bertz CT molecular complexity index is 819. The number of hydrogen-bond donors (Lipinski definition) is 2. The largest absolute Gasteiger partial charge is 0.325 e. The van der Waals surface area contributed by atoms with Crippen molar-refractivity contribution < 1.29 is 9.59 Å². The van der Waals surface area contributed by atoms with Crippen molar-refractivity contribution >= 4 is 34.8 Å². The lowest BCUT2D eigenvalue weighted by Gasteiger charge is -2.23. The Balaban J connectivity index is 1.55. The highest BCUT2D eigenvalue weighted by Gasteiger charge is 2.21. The van der Waals surface area contributed by atoms with E-state index >= 15 is 0 Å². The van der Waals surface area contributed by atoms with Gasteiger partial charge in [0, 0.05) is 35.4 Å². The molecule has 2 N–H and O–H groups in total. The molecule has 1 saturated heterocycles. The second-order valence-corrected chi connectivity index (χ2v) is 7.83. The third-order valence-electron chi connectivity index (χ3n) is 4.91. The molecule has 0 aromatic heterocycles. The van der Waals surface area contributed by atoms with Crippen molar-refractivity contribution in [3.63, 3.8) is 0 Å². The van der Waals surface area contributed by atoms with E-state index in [4.69, 9.17) is 11.6 Å². The Morgan fingerprint density at radius 2 is 1.79 bits per heavy atom. The molecule has 0 unspecified atom stereocenters. The van der Waals surface area contributed by atoms with Crippen LogP contribution in [0.5, 0.6) is 0 Å². The van der Waals surface area contributed by atoms with Gasteiger partial charge in [0.05, 0.1) is 6.54 Å². The summed E-state index contributed by atoms with van der Waals surface area (Å²) in [5, 5.41) is 6.93. The quantitative estimate of drug-likeness (QED) is 0.725. The number of nitrogens with one attached hydrogen (secondary N) is 2. The van der Waals surface area contributed by atoms with Crippen molar-refractivity contribution in [3.05, 3.63) is 59.1 Å². The Labute approximate surface area is 171 Å². The zero-order valence-corrected chi connectivity index (χ0v) is 17.0. The average molecular weight is 400 g/mol. The third-order valence-corrected chi connectivity index (χ3v) is 5.17. The van der Waals surface area contributed by atoms with Crippen molar-refractivity contribution in [2.24, 2.45) is 5.92 Å². The topological polar surface area (TPSA) is 61.4 Å². The zero-order chi connectivity index (χ0) is 20.1. The molecule has 2 amide bonds. The van der Waals surface area contributed by atoms with Gasteiger partial charge in [-0.15, -0.1) is 0 Å². The van der Waals surface area contributed by atoms with Gasteiger partial charge in [-0.05, 0) is 54.3 Å². The molecule has 0 aliphatic carbocycles. The monoisotopic (exact) mass is 399 g/mol. The predicted octanol–water partition coefficient (Wildman–Crippen LogP) is 4.39. The van der Waals surface area contributed by atoms with Crippen molar-refractivity contribution in [2.45, 2.75) is 32.7 Å². The summed E-state index contributed by atoms with van der Waals surface area (Å²) in [7, 11) is 0. The molecular formula is C22H26ClN3O2. The van der Waals surface area contributed by atoms with Crippen LogP contribution in [0, 0.1) is 5.92 Å². The number of carbonyl (C=O) groups is 2. The lowest BCUT2D eigenvalue weighted by molar-refractivity contribution is -0.117. The fourth-order valence-corrected chi connectivity index (χ4v) is 3.59. The van der Waals surface area contributed by atoms with Gasteiger partial charge in [0.1, 0.15) is 0 Å². The number of halogens is 1. The van der Waals surface area contributed by atoms with Crippen LogP contribution >= 0.6 is 11.6 Å². The van der Waals surface area contributed by atoms with Crippen molar-refractivity contribution in [1.29, 1.82) is 0 Å². The number of hydrogen-bond acceptors (Lipinski definition) is 3. The Morgan fingerprint density at radius 3 is 2.36 bits per heavy atom. The van der Waals surface area contributed by atoms with Gasteiger partial charge < -0.3 is 15.5 Å². The molecule has 0 saturated carbocycles. The molecule has 1 aliphatic rings. The molecule has 5 nitrogen and oxygen atoms in total. The van der Waals surface area contributed by atoms with Gasteiger partial charge >= 0.3 is 0 Å². The summed E-state index contributed by atoms with van der Waals surface area (Å²) < 4.78 is 0. The van der Waals surface area contributed by atoms with Crippen molar-refractivity contribution in [1.82, 2.24) is 5.32 Å². The summed E-state index contributed by atoms with van der Waals surface area (Å²) in [5.74, 6) is 0.374. The molecule has 1 heterocycles. The molecule has 1 aliphatic heterocycles. The Hall–Kier alpha value is -2.37. The maximum Gasteiger partial charge on any atom is 0.238 e. The minimum absolute atomic E-state index is 0.0616. The Morgan fingerprint density at radius 1 is 1.11 bits per heavy atom. The molecule has 0 spiro atoms. The van der Waals surface area contributed by atoms with E-state index < -0.39 is 0 Å². The number of rotatable bonds is 7. The molecule has 0 bridgehead atoms.